The van der Waals surface area contributed by atoms with Crippen LogP contribution in [0.2, 0.25) is 0 Å². The van der Waals surface area contributed by atoms with Gasteiger partial charge in [0, 0.05) is 80.6 Å². The molecule has 6 rings (SSSR count). The van der Waals surface area contributed by atoms with Crippen molar-refractivity contribution in [2.75, 3.05) is 26.8 Å². The molecule has 238 valence electrons. The Hall–Kier alpha value is -4.11. The molecule has 0 unspecified atom stereocenters. The fourth-order valence-corrected chi connectivity index (χ4v) is 6.43. The summed E-state index contributed by atoms with van der Waals surface area (Å²) in [5.41, 5.74) is 3.37. The zero-order valence-electron chi connectivity index (χ0n) is 26.8. The van der Waals surface area contributed by atoms with Crippen LogP contribution in [0.5, 0.6) is 0 Å². The van der Waals surface area contributed by atoms with Gasteiger partial charge in [-0.2, -0.15) is 0 Å². The van der Waals surface area contributed by atoms with Crippen molar-refractivity contribution in [2.24, 2.45) is 5.92 Å². The molecule has 2 amide bonds. The Bertz CT molecular complexity index is 1620. The van der Waals surface area contributed by atoms with Gasteiger partial charge in [0.15, 0.2) is 0 Å². The van der Waals surface area contributed by atoms with Crippen molar-refractivity contribution in [1.29, 1.82) is 0 Å². The number of carbonyl (C=O) groups excluding carboxylic acids is 2. The largest absolute Gasteiger partial charge is 0.444 e. The number of para-hydroxylation sites is 1. The molecule has 1 aliphatic heterocycles. The van der Waals surface area contributed by atoms with Crippen molar-refractivity contribution >= 4 is 22.9 Å². The molecule has 3 heterocycles. The Kier molecular flexibility index (Phi) is 8.99. The summed E-state index contributed by atoms with van der Waals surface area (Å²) in [4.78, 5) is 31.7. The number of likely N-dealkylation sites (tertiary alicyclic amines) is 1. The molecular weight excluding hydrogens is 568 g/mol. The summed E-state index contributed by atoms with van der Waals surface area (Å²) in [6.45, 7) is 8.38. The molecule has 2 atom stereocenters. The van der Waals surface area contributed by atoms with E-state index in [4.69, 9.17) is 14.0 Å². The Morgan fingerprint density at radius 1 is 1.04 bits per heavy atom. The molecule has 9 nitrogen and oxygen atoms in total. The molecular formula is C36H44N4O5. The van der Waals surface area contributed by atoms with Gasteiger partial charge in [-0.05, 0) is 58.1 Å². The number of nitrogens with zero attached hydrogens (tertiary/aromatic N) is 4. The predicted molar refractivity (Wildman–Crippen MR) is 173 cm³/mol. The van der Waals surface area contributed by atoms with Crippen LogP contribution in [-0.4, -0.2) is 70.0 Å². The van der Waals surface area contributed by atoms with Crippen LogP contribution in [0, 0.1) is 5.92 Å². The van der Waals surface area contributed by atoms with E-state index in [-0.39, 0.29) is 24.4 Å². The van der Waals surface area contributed by atoms with E-state index in [0.717, 1.165) is 53.5 Å². The molecule has 0 bridgehead atoms. The Morgan fingerprint density at radius 3 is 2.53 bits per heavy atom. The number of aryl methyl sites for hydroxylation is 1. The molecule has 0 spiro atoms. The van der Waals surface area contributed by atoms with Gasteiger partial charge in [-0.3, -0.25) is 4.79 Å². The second kappa shape index (κ2) is 13.1. The number of rotatable bonds is 10. The van der Waals surface area contributed by atoms with E-state index in [2.05, 4.69) is 40.2 Å². The van der Waals surface area contributed by atoms with E-state index < -0.39 is 17.6 Å². The van der Waals surface area contributed by atoms with Gasteiger partial charge < -0.3 is 28.4 Å². The summed E-state index contributed by atoms with van der Waals surface area (Å²) < 4.78 is 19.2. The highest BCUT2D eigenvalue weighted by Crippen LogP contribution is 2.40. The number of carbonyl (C=O) groups is 2. The van der Waals surface area contributed by atoms with Gasteiger partial charge >= 0.3 is 6.09 Å². The quantitative estimate of drug-likeness (QED) is 0.182. The van der Waals surface area contributed by atoms with E-state index in [0.29, 0.717) is 31.9 Å². The number of hydrogen-bond donors (Lipinski definition) is 0. The molecule has 2 aromatic heterocycles. The summed E-state index contributed by atoms with van der Waals surface area (Å²) >= 11 is 0. The molecule has 1 aliphatic carbocycles. The molecule has 0 N–H and O–H groups in total. The molecule has 2 fully saturated rings. The van der Waals surface area contributed by atoms with Crippen molar-refractivity contribution in [3.05, 3.63) is 78.2 Å². The van der Waals surface area contributed by atoms with E-state index in [1.807, 2.05) is 62.1 Å². The number of ether oxygens (including phenoxy) is 2. The highest BCUT2D eigenvalue weighted by molar-refractivity contribution is 5.86. The van der Waals surface area contributed by atoms with Gasteiger partial charge in [0.2, 0.25) is 5.91 Å². The zero-order chi connectivity index (χ0) is 31.6. The maximum atomic E-state index is 14.7. The van der Waals surface area contributed by atoms with E-state index in [1.165, 1.54) is 0 Å². The minimum atomic E-state index is -0.625. The number of fused-ring (bicyclic) bond motifs is 1. The highest BCUT2D eigenvalue weighted by Gasteiger charge is 2.44. The number of amides is 2. The first-order chi connectivity index (χ1) is 21.7. The van der Waals surface area contributed by atoms with Crippen LogP contribution < -0.4 is 0 Å². The molecule has 9 heteroatoms. The molecule has 1 saturated carbocycles. The summed E-state index contributed by atoms with van der Waals surface area (Å²) in [7, 11) is 1.72. The average Bonchev–Trinajstić information content (AvgIpc) is 3.65. The van der Waals surface area contributed by atoms with Crippen LogP contribution in [0.1, 0.15) is 63.7 Å². The smallest absolute Gasteiger partial charge is 0.410 e. The first kappa shape index (κ1) is 30.9. The Morgan fingerprint density at radius 2 is 1.80 bits per heavy atom. The SMILES string of the molecule is COCCCn1cc(CN(C(=O)[C@H]2CN(C(=O)OC(C)(C)C)CC[C@@H]2c2cc(-c3ccccc3)no2)C2CC2)c2ccccc21. The summed E-state index contributed by atoms with van der Waals surface area (Å²) in [6.07, 6.45) is 5.25. The lowest BCUT2D eigenvalue weighted by Crippen LogP contribution is -2.51. The van der Waals surface area contributed by atoms with Crippen molar-refractivity contribution in [2.45, 2.75) is 77.1 Å². The van der Waals surface area contributed by atoms with Crippen LogP contribution in [-0.2, 0) is 27.4 Å². The molecule has 2 aromatic carbocycles. The summed E-state index contributed by atoms with van der Waals surface area (Å²) in [5, 5.41) is 5.53. The lowest BCUT2D eigenvalue weighted by Gasteiger charge is -2.39. The second-order valence-electron chi connectivity index (χ2n) is 13.3. The number of aromatic nitrogens is 2. The van der Waals surface area contributed by atoms with Gasteiger partial charge in [0.05, 0.1) is 5.92 Å². The lowest BCUT2D eigenvalue weighted by molar-refractivity contribution is -0.139. The standard InChI is InChI=1S/C36H44N4O5/c1-36(2,3)44-35(42)39-19-17-29(33-21-31(37-45-33)25-11-6-5-7-12-25)30(24-39)34(41)40(27-15-16-27)23-26-22-38(18-10-20-43-4)32-14-9-8-13-28(26)32/h5-9,11-14,21-22,27,29-30H,10,15-20,23-24H2,1-4H3/t29-,30-/m0/s1. The number of piperidine rings is 1. The third kappa shape index (κ3) is 7.09. The maximum absolute atomic E-state index is 14.7. The maximum Gasteiger partial charge on any atom is 0.410 e. The van der Waals surface area contributed by atoms with Gasteiger partial charge in [-0.15, -0.1) is 0 Å². The van der Waals surface area contributed by atoms with E-state index >= 15 is 0 Å². The molecule has 4 aromatic rings. The predicted octanol–water partition coefficient (Wildman–Crippen LogP) is 6.86. The Balaban J connectivity index is 1.30. The minimum absolute atomic E-state index is 0.0460. The third-order valence-corrected chi connectivity index (χ3v) is 8.78. The number of benzene rings is 2. The molecule has 0 radical (unpaired) electrons. The lowest BCUT2D eigenvalue weighted by atomic mass is 9.82. The summed E-state index contributed by atoms with van der Waals surface area (Å²) in [6, 6.07) is 20.4. The van der Waals surface area contributed by atoms with Crippen molar-refractivity contribution < 1.29 is 23.6 Å². The van der Waals surface area contributed by atoms with Crippen LogP contribution in [0.15, 0.2) is 71.4 Å². The molecule has 2 aliphatic rings. The molecule has 1 saturated heterocycles. The van der Waals surface area contributed by atoms with Gasteiger partial charge in [0.1, 0.15) is 17.1 Å². The van der Waals surface area contributed by atoms with Crippen molar-refractivity contribution in [1.82, 2.24) is 19.5 Å². The second-order valence-corrected chi connectivity index (χ2v) is 13.3. The van der Waals surface area contributed by atoms with E-state index in [1.54, 1.807) is 12.0 Å². The third-order valence-electron chi connectivity index (χ3n) is 8.78. The van der Waals surface area contributed by atoms with Crippen LogP contribution in [0.4, 0.5) is 4.79 Å². The zero-order valence-corrected chi connectivity index (χ0v) is 26.8. The first-order valence-corrected chi connectivity index (χ1v) is 16.1. The van der Waals surface area contributed by atoms with Crippen molar-refractivity contribution in [3.63, 3.8) is 0 Å². The topological polar surface area (TPSA) is 90.0 Å². The first-order valence-electron chi connectivity index (χ1n) is 16.1. The summed E-state index contributed by atoms with van der Waals surface area (Å²) in [5.74, 6) is 0.0300. The van der Waals surface area contributed by atoms with Crippen molar-refractivity contribution in [3.8, 4) is 11.3 Å². The van der Waals surface area contributed by atoms with Crippen LogP contribution >= 0.6 is 0 Å². The van der Waals surface area contributed by atoms with Gasteiger partial charge in [-0.25, -0.2) is 4.79 Å². The van der Waals surface area contributed by atoms with Crippen LogP contribution in [0.3, 0.4) is 0 Å². The minimum Gasteiger partial charge on any atom is -0.444 e. The normalized spacial score (nSPS) is 18.7. The number of hydrogen-bond acceptors (Lipinski definition) is 6. The monoisotopic (exact) mass is 612 g/mol. The fraction of sp³-hybridized carbons (Fsp3) is 0.472. The highest BCUT2D eigenvalue weighted by atomic mass is 16.6. The van der Waals surface area contributed by atoms with Gasteiger partial charge in [0.25, 0.3) is 0 Å². The van der Waals surface area contributed by atoms with Crippen LogP contribution in [0.25, 0.3) is 22.2 Å². The van der Waals surface area contributed by atoms with Gasteiger partial charge in [-0.1, -0.05) is 53.7 Å². The number of methoxy groups -OCH3 is 1. The van der Waals surface area contributed by atoms with E-state index in [9.17, 15) is 9.59 Å². The average molecular weight is 613 g/mol. The molecule has 45 heavy (non-hydrogen) atoms. The Labute approximate surface area is 265 Å². The fourth-order valence-electron chi connectivity index (χ4n) is 6.43.